The topological polar surface area (TPSA) is 23.6 Å². The van der Waals surface area contributed by atoms with Crippen LogP contribution in [0.4, 0.5) is 10.5 Å². The van der Waals surface area contributed by atoms with Crippen molar-refractivity contribution in [2.75, 3.05) is 18.5 Å². The molecule has 1 atom stereocenters. The van der Waals surface area contributed by atoms with E-state index >= 15 is 0 Å². The van der Waals surface area contributed by atoms with Crippen molar-refractivity contribution < 1.29 is 4.79 Å². The van der Waals surface area contributed by atoms with E-state index in [1.54, 1.807) is 0 Å². The van der Waals surface area contributed by atoms with Gasteiger partial charge in [-0.15, -0.1) is 0 Å². The molecule has 78 valence electrons. The van der Waals surface area contributed by atoms with Gasteiger partial charge >= 0.3 is 6.03 Å². The van der Waals surface area contributed by atoms with Gasteiger partial charge in [0.1, 0.15) is 0 Å². The van der Waals surface area contributed by atoms with Crippen molar-refractivity contribution in [1.29, 1.82) is 0 Å². The number of carbonyl (C=O) groups is 1. The van der Waals surface area contributed by atoms with Crippen LogP contribution in [0.25, 0.3) is 0 Å². The molecule has 1 fully saturated rings. The van der Waals surface area contributed by atoms with Crippen LogP contribution < -0.4 is 4.90 Å². The van der Waals surface area contributed by atoms with Gasteiger partial charge in [0.2, 0.25) is 0 Å². The quantitative estimate of drug-likeness (QED) is 0.630. The lowest BCUT2D eigenvalue weighted by molar-refractivity contribution is 0.229. The molecule has 0 N–H and O–H groups in total. The number of nitrogens with zero attached hydrogens (tertiary/aromatic N) is 2. The van der Waals surface area contributed by atoms with E-state index in [0.29, 0.717) is 6.04 Å². The molecular weight excluding hydrogens is 188 g/mol. The predicted octanol–water partition coefficient (Wildman–Crippen LogP) is 1.87. The normalized spacial score (nSPS) is 24.1. The molecule has 0 bridgehead atoms. The smallest absolute Gasteiger partial charge is 0.324 e. The minimum absolute atomic E-state index is 0.146. The number of anilines is 1. The largest absolute Gasteiger partial charge is 0.325 e. The van der Waals surface area contributed by atoms with Crippen LogP contribution in [-0.2, 0) is 6.42 Å². The summed E-state index contributed by atoms with van der Waals surface area (Å²) in [6.45, 7) is 0.868. The molecule has 2 aliphatic heterocycles. The number of hydrogen-bond acceptors (Lipinski definition) is 1. The van der Waals surface area contributed by atoms with Crippen LogP contribution in [0.3, 0.4) is 0 Å². The molecule has 15 heavy (non-hydrogen) atoms. The standard InChI is InChI=1S/C12H14N2O/c1-13-8-10-7-6-9-4-2-3-5-11(9)14(10)12(13)15/h2-5,10H,6-8H2,1H3. The molecule has 0 aliphatic carbocycles. The van der Waals surface area contributed by atoms with E-state index in [1.807, 2.05) is 29.0 Å². The Balaban J connectivity index is 2.08. The third-order valence-electron chi connectivity index (χ3n) is 3.38. The van der Waals surface area contributed by atoms with Crippen LogP contribution in [0.1, 0.15) is 12.0 Å². The summed E-state index contributed by atoms with van der Waals surface area (Å²) in [7, 11) is 1.88. The first-order valence-corrected chi connectivity index (χ1v) is 5.39. The molecule has 0 radical (unpaired) electrons. The van der Waals surface area contributed by atoms with Crippen molar-refractivity contribution in [3.05, 3.63) is 29.8 Å². The molecule has 3 heteroatoms. The van der Waals surface area contributed by atoms with E-state index in [0.717, 1.165) is 25.1 Å². The lowest BCUT2D eigenvalue weighted by Gasteiger charge is -2.30. The molecule has 3 rings (SSSR count). The van der Waals surface area contributed by atoms with E-state index < -0.39 is 0 Å². The third-order valence-corrected chi connectivity index (χ3v) is 3.38. The minimum Gasteiger partial charge on any atom is -0.325 e. The fourth-order valence-corrected chi connectivity index (χ4v) is 2.62. The number of carbonyl (C=O) groups excluding carboxylic acids is 1. The number of para-hydroxylation sites is 1. The van der Waals surface area contributed by atoms with Gasteiger partial charge in [-0.1, -0.05) is 18.2 Å². The fourth-order valence-electron chi connectivity index (χ4n) is 2.62. The molecule has 2 aliphatic rings. The van der Waals surface area contributed by atoms with E-state index in [-0.39, 0.29) is 6.03 Å². The van der Waals surface area contributed by atoms with Gasteiger partial charge in [-0.2, -0.15) is 0 Å². The number of urea groups is 1. The number of aryl methyl sites for hydroxylation is 1. The Morgan fingerprint density at radius 3 is 3.00 bits per heavy atom. The maximum Gasteiger partial charge on any atom is 0.324 e. The van der Waals surface area contributed by atoms with Gasteiger partial charge in [0.25, 0.3) is 0 Å². The fraction of sp³-hybridized carbons (Fsp3) is 0.417. The summed E-state index contributed by atoms with van der Waals surface area (Å²) in [6.07, 6.45) is 2.19. The average molecular weight is 202 g/mol. The van der Waals surface area contributed by atoms with Crippen LogP contribution in [0.15, 0.2) is 24.3 Å². The van der Waals surface area contributed by atoms with E-state index in [1.165, 1.54) is 5.56 Å². The minimum atomic E-state index is 0.146. The van der Waals surface area contributed by atoms with Gasteiger partial charge in [0, 0.05) is 19.3 Å². The highest BCUT2D eigenvalue weighted by Crippen LogP contribution is 2.34. The first-order valence-electron chi connectivity index (χ1n) is 5.39. The van der Waals surface area contributed by atoms with E-state index in [2.05, 4.69) is 12.1 Å². The zero-order valence-electron chi connectivity index (χ0n) is 8.81. The Morgan fingerprint density at radius 1 is 1.33 bits per heavy atom. The van der Waals surface area contributed by atoms with Gasteiger partial charge < -0.3 is 4.90 Å². The van der Waals surface area contributed by atoms with Crippen molar-refractivity contribution in [2.24, 2.45) is 0 Å². The van der Waals surface area contributed by atoms with Crippen molar-refractivity contribution in [3.8, 4) is 0 Å². The summed E-state index contributed by atoms with van der Waals surface area (Å²) in [5.41, 5.74) is 2.42. The molecule has 0 aromatic heterocycles. The molecule has 0 spiro atoms. The zero-order chi connectivity index (χ0) is 10.4. The lowest BCUT2D eigenvalue weighted by Crippen LogP contribution is -2.38. The highest BCUT2D eigenvalue weighted by atomic mass is 16.2. The summed E-state index contributed by atoms with van der Waals surface area (Å²) in [6, 6.07) is 8.76. The van der Waals surface area contributed by atoms with Crippen LogP contribution in [-0.4, -0.2) is 30.6 Å². The van der Waals surface area contributed by atoms with Gasteiger partial charge in [0.05, 0.1) is 6.04 Å². The van der Waals surface area contributed by atoms with Crippen molar-refractivity contribution in [2.45, 2.75) is 18.9 Å². The third kappa shape index (κ3) is 1.16. The molecule has 2 heterocycles. The summed E-state index contributed by atoms with van der Waals surface area (Å²) in [4.78, 5) is 15.7. The highest BCUT2D eigenvalue weighted by molar-refractivity contribution is 5.96. The monoisotopic (exact) mass is 202 g/mol. The zero-order valence-corrected chi connectivity index (χ0v) is 8.81. The summed E-state index contributed by atoms with van der Waals surface area (Å²) in [5, 5.41) is 0. The molecule has 1 aromatic rings. The number of rotatable bonds is 0. The Kier molecular flexibility index (Phi) is 1.75. The van der Waals surface area contributed by atoms with Crippen molar-refractivity contribution >= 4 is 11.7 Å². The van der Waals surface area contributed by atoms with Gasteiger partial charge in [0.15, 0.2) is 0 Å². The highest BCUT2D eigenvalue weighted by Gasteiger charge is 2.39. The second-order valence-electron chi connectivity index (χ2n) is 4.35. The Labute approximate surface area is 89.3 Å². The SMILES string of the molecule is CN1CC2CCc3ccccc3N2C1=O. The Bertz CT molecular complexity index is 416. The maximum absolute atomic E-state index is 12.0. The lowest BCUT2D eigenvalue weighted by atomic mass is 9.97. The number of likely N-dealkylation sites (N-methyl/N-ethyl adjacent to an activating group) is 1. The van der Waals surface area contributed by atoms with E-state index in [4.69, 9.17) is 0 Å². The van der Waals surface area contributed by atoms with Gasteiger partial charge in [-0.25, -0.2) is 4.79 Å². The molecular formula is C12H14N2O. The second-order valence-corrected chi connectivity index (χ2v) is 4.35. The number of benzene rings is 1. The predicted molar refractivity (Wildman–Crippen MR) is 59.1 cm³/mol. The Morgan fingerprint density at radius 2 is 2.13 bits per heavy atom. The average Bonchev–Trinajstić information content (AvgIpc) is 2.55. The summed E-state index contributed by atoms with van der Waals surface area (Å²) < 4.78 is 0. The van der Waals surface area contributed by atoms with Crippen LogP contribution in [0, 0.1) is 0 Å². The van der Waals surface area contributed by atoms with Crippen molar-refractivity contribution in [3.63, 3.8) is 0 Å². The summed E-state index contributed by atoms with van der Waals surface area (Å²) in [5.74, 6) is 0. The first-order chi connectivity index (χ1) is 7.27. The number of hydrogen-bond donors (Lipinski definition) is 0. The van der Waals surface area contributed by atoms with Gasteiger partial charge in [-0.05, 0) is 24.5 Å². The number of amides is 2. The molecule has 1 saturated heterocycles. The molecule has 1 unspecified atom stereocenters. The molecule has 0 saturated carbocycles. The molecule has 3 nitrogen and oxygen atoms in total. The van der Waals surface area contributed by atoms with Crippen LogP contribution >= 0.6 is 0 Å². The van der Waals surface area contributed by atoms with Crippen LogP contribution in [0.2, 0.25) is 0 Å². The molecule has 1 aromatic carbocycles. The second kappa shape index (κ2) is 2.99. The van der Waals surface area contributed by atoms with Gasteiger partial charge in [-0.3, -0.25) is 4.90 Å². The Hall–Kier alpha value is -1.51. The van der Waals surface area contributed by atoms with Crippen molar-refractivity contribution in [1.82, 2.24) is 4.90 Å². The maximum atomic E-state index is 12.0. The first kappa shape index (κ1) is 8.77. The van der Waals surface area contributed by atoms with E-state index in [9.17, 15) is 4.79 Å². The molecule has 2 amide bonds. The summed E-state index contributed by atoms with van der Waals surface area (Å²) >= 11 is 0. The van der Waals surface area contributed by atoms with Crippen LogP contribution in [0.5, 0.6) is 0 Å². The number of fused-ring (bicyclic) bond motifs is 3.